The van der Waals surface area contributed by atoms with E-state index in [2.05, 4.69) is 34.7 Å². The van der Waals surface area contributed by atoms with Crippen LogP contribution in [0, 0.1) is 6.92 Å². The molecule has 7 heteroatoms. The number of hydrogen-bond acceptors (Lipinski definition) is 5. The van der Waals surface area contributed by atoms with Gasteiger partial charge in [0.2, 0.25) is 0 Å². The van der Waals surface area contributed by atoms with Crippen LogP contribution in [0.25, 0.3) is 27.5 Å². The Hall–Kier alpha value is -4.10. The van der Waals surface area contributed by atoms with Crippen molar-refractivity contribution in [1.82, 2.24) is 25.3 Å². The molecule has 1 fully saturated rings. The summed E-state index contributed by atoms with van der Waals surface area (Å²) in [6.45, 7) is 3.80. The summed E-state index contributed by atoms with van der Waals surface area (Å²) in [5.41, 5.74) is 4.36. The average Bonchev–Trinajstić information content (AvgIpc) is 3.34. The predicted octanol–water partition coefficient (Wildman–Crippen LogP) is 4.68. The molecule has 3 heterocycles. The van der Waals surface area contributed by atoms with E-state index in [0.717, 1.165) is 64.8 Å². The molecule has 0 radical (unpaired) electrons. The van der Waals surface area contributed by atoms with Crippen LogP contribution in [0.3, 0.4) is 0 Å². The van der Waals surface area contributed by atoms with Crippen molar-refractivity contribution in [2.24, 2.45) is 0 Å². The number of rotatable bonds is 4. The fourth-order valence-corrected chi connectivity index (χ4v) is 5.00. The molecule has 7 nitrogen and oxygen atoms in total. The van der Waals surface area contributed by atoms with Crippen LogP contribution in [0.15, 0.2) is 79.0 Å². The number of nitrogens with zero attached hydrogens (tertiary/aromatic N) is 5. The molecular formula is C28H26N6O. The number of amides is 1. The lowest BCUT2D eigenvalue weighted by atomic mass is 10.0. The third-order valence-electron chi connectivity index (χ3n) is 6.77. The van der Waals surface area contributed by atoms with Crippen LogP contribution in [-0.2, 0) is 0 Å². The van der Waals surface area contributed by atoms with Gasteiger partial charge in [-0.3, -0.25) is 9.69 Å². The molecule has 0 unspecified atom stereocenters. The van der Waals surface area contributed by atoms with Crippen molar-refractivity contribution >= 4 is 33.5 Å². The smallest absolute Gasteiger partial charge is 0.259 e. The first-order valence-electron chi connectivity index (χ1n) is 12.0. The number of para-hydroxylation sites is 1. The molecule has 5 aromatic rings. The number of hydrogen-bond donors (Lipinski definition) is 1. The summed E-state index contributed by atoms with van der Waals surface area (Å²) >= 11 is 0. The normalized spacial score (nSPS) is 16.0. The van der Waals surface area contributed by atoms with E-state index < -0.39 is 0 Å². The molecule has 3 aromatic carbocycles. The Kier molecular flexibility index (Phi) is 5.47. The van der Waals surface area contributed by atoms with Crippen LogP contribution in [0.1, 0.15) is 28.8 Å². The van der Waals surface area contributed by atoms with Crippen LogP contribution in [0.5, 0.6) is 0 Å². The SMILES string of the molecule is Cc1cccc2ccnc(N(C(=O)c3ccc(-n4nnc5ccccc54)cc3)[C@@H]3CCCNC3)c12. The maximum atomic E-state index is 14.0. The minimum absolute atomic E-state index is 0.0351. The minimum Gasteiger partial charge on any atom is -0.315 e. The zero-order valence-corrected chi connectivity index (χ0v) is 19.6. The zero-order chi connectivity index (χ0) is 23.8. The second-order valence-corrected chi connectivity index (χ2v) is 9.02. The van der Waals surface area contributed by atoms with E-state index in [1.54, 1.807) is 10.9 Å². The Morgan fingerprint density at radius 1 is 1.03 bits per heavy atom. The molecule has 1 N–H and O–H groups in total. The molecule has 0 aliphatic carbocycles. The molecule has 2 aromatic heterocycles. The number of benzene rings is 3. The Morgan fingerprint density at radius 2 is 1.89 bits per heavy atom. The Balaban J connectivity index is 1.41. The fourth-order valence-electron chi connectivity index (χ4n) is 5.00. The van der Waals surface area contributed by atoms with Gasteiger partial charge in [0, 0.05) is 23.7 Å². The van der Waals surface area contributed by atoms with Crippen molar-refractivity contribution in [3.63, 3.8) is 0 Å². The number of fused-ring (bicyclic) bond motifs is 2. The molecule has 0 bridgehead atoms. The van der Waals surface area contributed by atoms with Gasteiger partial charge in [-0.2, -0.15) is 0 Å². The molecule has 1 aliphatic heterocycles. The van der Waals surface area contributed by atoms with Crippen molar-refractivity contribution in [3.05, 3.63) is 90.1 Å². The van der Waals surface area contributed by atoms with Gasteiger partial charge >= 0.3 is 0 Å². The van der Waals surface area contributed by atoms with Crippen LogP contribution in [-0.4, -0.2) is 45.0 Å². The number of pyridine rings is 1. The fraction of sp³-hybridized carbons (Fsp3) is 0.214. The van der Waals surface area contributed by atoms with E-state index in [9.17, 15) is 4.79 Å². The number of anilines is 1. The highest BCUT2D eigenvalue weighted by atomic mass is 16.2. The topological polar surface area (TPSA) is 75.9 Å². The quantitative estimate of drug-likeness (QED) is 0.420. The summed E-state index contributed by atoms with van der Waals surface area (Å²) in [7, 11) is 0. The van der Waals surface area contributed by atoms with Gasteiger partial charge in [0.25, 0.3) is 5.91 Å². The summed E-state index contributed by atoms with van der Waals surface area (Å²) in [5, 5.41) is 14.1. The molecular weight excluding hydrogens is 436 g/mol. The molecule has 174 valence electrons. The van der Waals surface area contributed by atoms with Crippen molar-refractivity contribution < 1.29 is 4.79 Å². The van der Waals surface area contributed by atoms with E-state index in [-0.39, 0.29) is 11.9 Å². The molecule has 6 rings (SSSR count). The lowest BCUT2D eigenvalue weighted by Gasteiger charge is -2.35. The number of aryl methyl sites for hydroxylation is 1. The van der Waals surface area contributed by atoms with E-state index in [4.69, 9.17) is 4.98 Å². The number of aromatic nitrogens is 4. The van der Waals surface area contributed by atoms with Gasteiger partial charge in [-0.25, -0.2) is 9.67 Å². The zero-order valence-electron chi connectivity index (χ0n) is 19.6. The highest BCUT2D eigenvalue weighted by molar-refractivity contribution is 6.10. The van der Waals surface area contributed by atoms with Crippen molar-refractivity contribution in [2.75, 3.05) is 18.0 Å². The molecule has 1 aliphatic rings. The van der Waals surface area contributed by atoms with Crippen LogP contribution < -0.4 is 10.2 Å². The maximum absolute atomic E-state index is 14.0. The first-order chi connectivity index (χ1) is 17.2. The summed E-state index contributed by atoms with van der Waals surface area (Å²) in [4.78, 5) is 20.7. The van der Waals surface area contributed by atoms with Gasteiger partial charge in [-0.05, 0) is 79.7 Å². The first-order valence-corrected chi connectivity index (χ1v) is 12.0. The third kappa shape index (κ3) is 3.84. The van der Waals surface area contributed by atoms with E-state index in [1.165, 1.54) is 0 Å². The number of carbonyl (C=O) groups is 1. The summed E-state index contributed by atoms with van der Waals surface area (Å²) in [6, 6.07) is 23.7. The Bertz CT molecular complexity index is 1510. The maximum Gasteiger partial charge on any atom is 0.259 e. The third-order valence-corrected chi connectivity index (χ3v) is 6.77. The van der Waals surface area contributed by atoms with E-state index in [0.29, 0.717) is 5.56 Å². The standard InChI is InChI=1S/C28H26N6O/c1-19-6-4-7-20-15-17-30-27(26(19)20)33(23-8-5-16-29-18-23)28(35)21-11-13-22(14-12-21)34-25-10-3-2-9-24(25)31-32-34/h2-4,6-7,9-15,17,23,29H,5,8,16,18H2,1H3/t23-/m1/s1. The Morgan fingerprint density at radius 3 is 2.71 bits per heavy atom. The first kappa shape index (κ1) is 21.4. The summed E-state index contributed by atoms with van der Waals surface area (Å²) < 4.78 is 1.79. The average molecular weight is 463 g/mol. The predicted molar refractivity (Wildman–Crippen MR) is 138 cm³/mol. The van der Waals surface area contributed by atoms with Crippen molar-refractivity contribution in [1.29, 1.82) is 0 Å². The molecule has 0 spiro atoms. The summed E-state index contributed by atoms with van der Waals surface area (Å²) in [6.07, 6.45) is 3.76. The van der Waals surface area contributed by atoms with Gasteiger partial charge in [-0.15, -0.1) is 5.10 Å². The summed E-state index contributed by atoms with van der Waals surface area (Å²) in [5.74, 6) is 0.683. The lowest BCUT2D eigenvalue weighted by molar-refractivity contribution is 0.0972. The van der Waals surface area contributed by atoms with Gasteiger partial charge in [0.1, 0.15) is 11.3 Å². The number of carbonyl (C=O) groups excluding carboxylic acids is 1. The van der Waals surface area contributed by atoms with Gasteiger partial charge in [0.15, 0.2) is 0 Å². The second-order valence-electron chi connectivity index (χ2n) is 9.02. The molecule has 0 saturated carbocycles. The van der Waals surface area contributed by atoms with Gasteiger partial charge in [-0.1, -0.05) is 35.5 Å². The van der Waals surface area contributed by atoms with Crippen molar-refractivity contribution in [2.45, 2.75) is 25.8 Å². The second kappa shape index (κ2) is 8.92. The molecule has 1 saturated heterocycles. The van der Waals surface area contributed by atoms with Crippen LogP contribution in [0.2, 0.25) is 0 Å². The van der Waals surface area contributed by atoms with Gasteiger partial charge < -0.3 is 5.32 Å². The Labute approximate surface area is 203 Å². The number of piperidine rings is 1. The number of nitrogens with one attached hydrogen (secondary N) is 1. The van der Waals surface area contributed by atoms with E-state index in [1.807, 2.05) is 65.6 Å². The highest BCUT2D eigenvalue weighted by Gasteiger charge is 2.30. The molecule has 1 amide bonds. The lowest BCUT2D eigenvalue weighted by Crippen LogP contribution is -2.49. The van der Waals surface area contributed by atoms with Crippen molar-refractivity contribution in [3.8, 4) is 5.69 Å². The van der Waals surface area contributed by atoms with E-state index >= 15 is 0 Å². The van der Waals surface area contributed by atoms with Gasteiger partial charge in [0.05, 0.1) is 17.2 Å². The van der Waals surface area contributed by atoms with Crippen LogP contribution in [0.4, 0.5) is 5.82 Å². The molecule has 35 heavy (non-hydrogen) atoms. The monoisotopic (exact) mass is 462 g/mol. The molecule has 1 atom stereocenters. The highest BCUT2D eigenvalue weighted by Crippen LogP contribution is 2.31. The van der Waals surface area contributed by atoms with Crippen LogP contribution >= 0.6 is 0 Å². The largest absolute Gasteiger partial charge is 0.315 e. The minimum atomic E-state index is -0.0445.